The van der Waals surface area contributed by atoms with Crippen LogP contribution in [0.3, 0.4) is 0 Å². The molecule has 4 N–H and O–H groups in total. The second kappa shape index (κ2) is 5.23. The molecule has 0 unspecified atom stereocenters. The maximum absolute atomic E-state index is 12.1. The number of nitro groups is 1. The first kappa shape index (κ1) is 13.3. The lowest BCUT2D eigenvalue weighted by Crippen LogP contribution is -2.43. The van der Waals surface area contributed by atoms with Crippen LogP contribution in [-0.2, 0) is 0 Å². The first-order valence-electron chi connectivity index (χ1n) is 6.07. The van der Waals surface area contributed by atoms with Crippen LogP contribution in [-0.4, -0.2) is 16.9 Å². The molecule has 0 aromatic heterocycles. The number of hydrazine groups is 1. The highest BCUT2D eigenvalue weighted by Gasteiger charge is 2.28. The number of carbonyl (C=O) groups is 1. The molecule has 0 radical (unpaired) electrons. The van der Waals surface area contributed by atoms with Crippen molar-refractivity contribution in [3.05, 3.63) is 33.9 Å². The summed E-state index contributed by atoms with van der Waals surface area (Å²) in [6.07, 6.45) is 1.87. The molecule has 0 bridgehead atoms. The van der Waals surface area contributed by atoms with Crippen molar-refractivity contribution in [1.29, 1.82) is 0 Å². The molecule has 1 aromatic rings. The van der Waals surface area contributed by atoms with Gasteiger partial charge in [0.1, 0.15) is 0 Å². The van der Waals surface area contributed by atoms with Crippen LogP contribution in [0.4, 0.5) is 11.4 Å². The van der Waals surface area contributed by atoms with Gasteiger partial charge >= 0.3 is 0 Å². The summed E-state index contributed by atoms with van der Waals surface area (Å²) in [4.78, 5) is 22.3. The molecule has 1 fully saturated rings. The molecular weight excluding hydrogens is 248 g/mol. The Hall–Kier alpha value is -2.15. The van der Waals surface area contributed by atoms with E-state index in [2.05, 4.69) is 17.7 Å². The predicted octanol–water partition coefficient (Wildman–Crippen LogP) is 1.41. The largest absolute Gasteiger partial charge is 0.349 e. The van der Waals surface area contributed by atoms with Gasteiger partial charge in [-0.3, -0.25) is 20.8 Å². The van der Waals surface area contributed by atoms with E-state index in [0.717, 1.165) is 12.8 Å². The van der Waals surface area contributed by atoms with Gasteiger partial charge in [0.15, 0.2) is 0 Å². The summed E-state index contributed by atoms with van der Waals surface area (Å²) in [6.45, 7) is 2.11. The summed E-state index contributed by atoms with van der Waals surface area (Å²) in [5.41, 5.74) is 2.81. The van der Waals surface area contributed by atoms with Gasteiger partial charge in [-0.2, -0.15) is 0 Å². The Morgan fingerprint density at radius 2 is 2.16 bits per heavy atom. The highest BCUT2D eigenvalue weighted by atomic mass is 16.6. The summed E-state index contributed by atoms with van der Waals surface area (Å²) >= 11 is 0. The smallest absolute Gasteiger partial charge is 0.270 e. The number of anilines is 1. The molecule has 0 heterocycles. The van der Waals surface area contributed by atoms with Crippen molar-refractivity contribution < 1.29 is 9.72 Å². The van der Waals surface area contributed by atoms with Crippen LogP contribution < -0.4 is 16.6 Å². The maximum atomic E-state index is 12.1. The monoisotopic (exact) mass is 264 g/mol. The number of hydrogen-bond donors (Lipinski definition) is 3. The van der Waals surface area contributed by atoms with Crippen molar-refractivity contribution >= 4 is 17.3 Å². The average Bonchev–Trinajstić information content (AvgIpc) is 2.35. The molecule has 0 saturated heterocycles. The Labute approximate surface area is 110 Å². The van der Waals surface area contributed by atoms with E-state index in [9.17, 15) is 14.9 Å². The zero-order valence-electron chi connectivity index (χ0n) is 10.6. The van der Waals surface area contributed by atoms with Gasteiger partial charge in [0.2, 0.25) is 0 Å². The molecule has 0 spiro atoms. The van der Waals surface area contributed by atoms with E-state index in [-0.39, 0.29) is 23.2 Å². The molecule has 7 heteroatoms. The molecule has 1 aliphatic rings. The number of nitrogens with two attached hydrogens (primary N) is 1. The number of nitrogen functional groups attached to an aromatic ring is 1. The predicted molar refractivity (Wildman–Crippen MR) is 70.6 cm³/mol. The number of nitro benzene ring substituents is 1. The summed E-state index contributed by atoms with van der Waals surface area (Å²) in [6, 6.07) is 4.10. The van der Waals surface area contributed by atoms with Crippen molar-refractivity contribution in [2.75, 3.05) is 5.43 Å². The Balaban J connectivity index is 2.18. The minimum absolute atomic E-state index is 0.133. The number of carbonyl (C=O) groups excluding carboxylic acids is 1. The Kier molecular flexibility index (Phi) is 3.66. The molecule has 2 rings (SSSR count). The second-order valence-corrected chi connectivity index (χ2v) is 4.88. The summed E-state index contributed by atoms with van der Waals surface area (Å²) in [5, 5.41) is 13.6. The fourth-order valence-electron chi connectivity index (χ4n) is 2.24. The van der Waals surface area contributed by atoms with E-state index < -0.39 is 4.92 Å². The van der Waals surface area contributed by atoms with Gasteiger partial charge in [0, 0.05) is 18.2 Å². The van der Waals surface area contributed by atoms with E-state index in [0.29, 0.717) is 11.6 Å². The fourth-order valence-corrected chi connectivity index (χ4v) is 2.24. The highest BCUT2D eigenvalue weighted by molar-refractivity contribution is 6.00. The van der Waals surface area contributed by atoms with Crippen LogP contribution in [0.15, 0.2) is 18.2 Å². The molecule has 1 saturated carbocycles. The van der Waals surface area contributed by atoms with E-state index in [4.69, 9.17) is 5.84 Å². The van der Waals surface area contributed by atoms with E-state index >= 15 is 0 Å². The van der Waals surface area contributed by atoms with Crippen molar-refractivity contribution in [1.82, 2.24) is 5.32 Å². The third-order valence-electron chi connectivity index (χ3n) is 3.32. The number of nitrogens with one attached hydrogen (secondary N) is 2. The van der Waals surface area contributed by atoms with Crippen LogP contribution in [0.1, 0.15) is 30.1 Å². The Bertz CT molecular complexity index is 512. The SMILES string of the molecule is CC1CC(NC(=O)c2cc([N+](=O)[O-])ccc2NN)C1. The minimum atomic E-state index is -0.539. The minimum Gasteiger partial charge on any atom is -0.349 e. The molecule has 0 atom stereocenters. The van der Waals surface area contributed by atoms with Gasteiger partial charge in [-0.05, 0) is 24.8 Å². The van der Waals surface area contributed by atoms with Crippen molar-refractivity contribution in [3.8, 4) is 0 Å². The standard InChI is InChI=1S/C12H16N4O3/c1-7-4-8(5-7)14-12(17)10-6-9(16(18)19)2-3-11(10)15-13/h2-3,6-8,15H,4-5,13H2,1H3,(H,14,17). The Morgan fingerprint density at radius 3 is 2.68 bits per heavy atom. The topological polar surface area (TPSA) is 110 Å². The van der Waals surface area contributed by atoms with Crippen LogP contribution in [0.25, 0.3) is 0 Å². The molecule has 102 valence electrons. The van der Waals surface area contributed by atoms with Crippen LogP contribution in [0, 0.1) is 16.0 Å². The maximum Gasteiger partial charge on any atom is 0.270 e. The van der Waals surface area contributed by atoms with Crippen LogP contribution >= 0.6 is 0 Å². The average molecular weight is 264 g/mol. The van der Waals surface area contributed by atoms with Crippen molar-refractivity contribution in [3.63, 3.8) is 0 Å². The summed E-state index contributed by atoms with van der Waals surface area (Å²) in [5.74, 6) is 5.59. The Morgan fingerprint density at radius 1 is 1.47 bits per heavy atom. The summed E-state index contributed by atoms with van der Waals surface area (Å²) < 4.78 is 0. The number of rotatable bonds is 4. The van der Waals surface area contributed by atoms with Crippen molar-refractivity contribution in [2.24, 2.45) is 11.8 Å². The zero-order valence-corrected chi connectivity index (χ0v) is 10.6. The number of amides is 1. The quantitative estimate of drug-likeness (QED) is 0.432. The van der Waals surface area contributed by atoms with Gasteiger partial charge < -0.3 is 10.7 Å². The third-order valence-corrected chi connectivity index (χ3v) is 3.32. The van der Waals surface area contributed by atoms with Gasteiger partial charge in [0.25, 0.3) is 11.6 Å². The first-order valence-corrected chi connectivity index (χ1v) is 6.07. The molecule has 1 aliphatic carbocycles. The fraction of sp³-hybridized carbons (Fsp3) is 0.417. The zero-order chi connectivity index (χ0) is 14.0. The third kappa shape index (κ3) is 2.82. The van der Waals surface area contributed by atoms with E-state index in [1.165, 1.54) is 18.2 Å². The lowest BCUT2D eigenvalue weighted by atomic mass is 9.82. The van der Waals surface area contributed by atoms with Gasteiger partial charge in [-0.15, -0.1) is 0 Å². The highest BCUT2D eigenvalue weighted by Crippen LogP contribution is 2.27. The van der Waals surface area contributed by atoms with E-state index in [1.807, 2.05) is 0 Å². The second-order valence-electron chi connectivity index (χ2n) is 4.88. The molecule has 19 heavy (non-hydrogen) atoms. The molecule has 7 nitrogen and oxygen atoms in total. The molecule has 1 amide bonds. The lowest BCUT2D eigenvalue weighted by Gasteiger charge is -2.33. The lowest BCUT2D eigenvalue weighted by molar-refractivity contribution is -0.384. The van der Waals surface area contributed by atoms with Gasteiger partial charge in [-0.1, -0.05) is 6.92 Å². The summed E-state index contributed by atoms with van der Waals surface area (Å²) in [7, 11) is 0. The van der Waals surface area contributed by atoms with E-state index in [1.54, 1.807) is 0 Å². The number of nitrogens with zero attached hydrogens (tertiary/aromatic N) is 1. The number of non-ortho nitro benzene ring substituents is 1. The van der Waals surface area contributed by atoms with Crippen LogP contribution in [0.5, 0.6) is 0 Å². The van der Waals surface area contributed by atoms with Gasteiger partial charge in [0.05, 0.1) is 16.2 Å². The molecule has 0 aliphatic heterocycles. The van der Waals surface area contributed by atoms with Gasteiger partial charge in [-0.25, -0.2) is 0 Å². The van der Waals surface area contributed by atoms with Crippen LogP contribution in [0.2, 0.25) is 0 Å². The molecule has 1 aromatic carbocycles. The normalized spacial score (nSPS) is 21.4. The number of hydrogen-bond acceptors (Lipinski definition) is 5. The number of benzene rings is 1. The first-order chi connectivity index (χ1) is 9.01. The van der Waals surface area contributed by atoms with Crippen molar-refractivity contribution in [2.45, 2.75) is 25.8 Å². The molecular formula is C12H16N4O3.